The van der Waals surface area contributed by atoms with Crippen molar-refractivity contribution in [1.29, 1.82) is 0 Å². The van der Waals surface area contributed by atoms with E-state index in [2.05, 4.69) is 0 Å². The quantitative estimate of drug-likeness (QED) is 0.695. The first-order valence-corrected chi connectivity index (χ1v) is 6.42. The summed E-state index contributed by atoms with van der Waals surface area (Å²) in [5.41, 5.74) is 0. The lowest BCUT2D eigenvalue weighted by molar-refractivity contribution is -0.0647. The molecule has 0 radical (unpaired) electrons. The van der Waals surface area contributed by atoms with Crippen LogP contribution in [-0.4, -0.2) is 61.1 Å². The highest BCUT2D eigenvalue weighted by molar-refractivity contribution is 4.75. The maximum atomic E-state index is 8.93. The number of aliphatic hydroxyl groups excluding tert-OH is 2. The second-order valence-corrected chi connectivity index (χ2v) is 4.82. The van der Waals surface area contributed by atoms with Gasteiger partial charge in [-0.3, -0.25) is 0 Å². The minimum atomic E-state index is -0.00917. The van der Waals surface area contributed by atoms with E-state index in [1.165, 1.54) is 0 Å². The molecule has 2 saturated heterocycles. The Bertz CT molecular complexity index is 201. The fourth-order valence-electron chi connectivity index (χ4n) is 2.40. The van der Waals surface area contributed by atoms with Crippen molar-refractivity contribution in [2.45, 2.75) is 50.1 Å². The van der Waals surface area contributed by atoms with Crippen molar-refractivity contribution in [3.8, 4) is 0 Å². The van der Waals surface area contributed by atoms with Gasteiger partial charge < -0.3 is 24.4 Å². The predicted molar refractivity (Wildman–Crippen MR) is 60.8 cm³/mol. The van der Waals surface area contributed by atoms with Crippen molar-refractivity contribution >= 4 is 0 Å². The van der Waals surface area contributed by atoms with Crippen LogP contribution in [0.5, 0.6) is 0 Å². The second-order valence-electron chi connectivity index (χ2n) is 4.82. The summed E-state index contributed by atoms with van der Waals surface area (Å²) in [6.45, 7) is 1.33. The van der Waals surface area contributed by atoms with E-state index in [1.807, 2.05) is 0 Å². The summed E-state index contributed by atoms with van der Waals surface area (Å²) in [6.07, 6.45) is 3.94. The van der Waals surface area contributed by atoms with Crippen molar-refractivity contribution in [2.75, 3.05) is 26.4 Å². The third kappa shape index (κ3) is 3.89. The molecule has 2 aliphatic rings. The van der Waals surface area contributed by atoms with Crippen LogP contribution in [0, 0.1) is 0 Å². The van der Waals surface area contributed by atoms with E-state index in [4.69, 9.17) is 24.4 Å². The topological polar surface area (TPSA) is 68.2 Å². The van der Waals surface area contributed by atoms with Crippen molar-refractivity contribution < 1.29 is 24.4 Å². The van der Waals surface area contributed by atoms with Gasteiger partial charge in [-0.1, -0.05) is 0 Å². The number of ether oxygens (including phenoxy) is 3. The number of hydrogen-bond acceptors (Lipinski definition) is 5. The first-order chi connectivity index (χ1) is 8.31. The molecule has 0 aromatic rings. The molecule has 2 heterocycles. The Balaban J connectivity index is 1.55. The van der Waals surface area contributed by atoms with Gasteiger partial charge in [-0.05, 0) is 25.7 Å². The molecule has 2 fully saturated rings. The van der Waals surface area contributed by atoms with Gasteiger partial charge in [-0.2, -0.15) is 0 Å². The molecule has 0 bridgehead atoms. The third-order valence-electron chi connectivity index (χ3n) is 3.41. The average Bonchev–Trinajstić information content (AvgIpc) is 2.97. The standard InChI is InChI=1S/C12H22O5/c13-5-9-1-3-11(16-9)7-15-8-12-4-2-10(6-14)17-12/h9-14H,1-8H2. The van der Waals surface area contributed by atoms with Crippen molar-refractivity contribution in [2.24, 2.45) is 0 Å². The molecule has 0 amide bonds. The van der Waals surface area contributed by atoms with Gasteiger partial charge >= 0.3 is 0 Å². The zero-order valence-corrected chi connectivity index (χ0v) is 10.1. The fourth-order valence-corrected chi connectivity index (χ4v) is 2.40. The molecule has 5 heteroatoms. The summed E-state index contributed by atoms with van der Waals surface area (Å²) >= 11 is 0. The Morgan fingerprint density at radius 3 is 1.53 bits per heavy atom. The molecule has 0 aromatic carbocycles. The fraction of sp³-hybridized carbons (Fsp3) is 1.00. The molecule has 2 rings (SSSR count). The van der Waals surface area contributed by atoms with Crippen LogP contribution in [0.4, 0.5) is 0 Å². The minimum absolute atomic E-state index is 0.00917. The molecule has 100 valence electrons. The summed E-state index contributed by atoms with van der Waals surface area (Å²) in [6, 6.07) is 0. The van der Waals surface area contributed by atoms with Gasteiger partial charge in [0.05, 0.1) is 50.8 Å². The maximum Gasteiger partial charge on any atom is 0.0814 e. The molecule has 0 spiro atoms. The van der Waals surface area contributed by atoms with Crippen LogP contribution in [0.15, 0.2) is 0 Å². The molecular weight excluding hydrogens is 224 g/mol. The first-order valence-electron chi connectivity index (χ1n) is 6.42. The van der Waals surface area contributed by atoms with E-state index in [-0.39, 0.29) is 37.6 Å². The summed E-state index contributed by atoms with van der Waals surface area (Å²) in [7, 11) is 0. The monoisotopic (exact) mass is 246 g/mol. The van der Waals surface area contributed by atoms with Gasteiger partial charge in [0, 0.05) is 0 Å². The van der Waals surface area contributed by atoms with Gasteiger partial charge in [0.1, 0.15) is 0 Å². The summed E-state index contributed by atoms with van der Waals surface area (Å²) < 4.78 is 16.7. The zero-order chi connectivity index (χ0) is 12.1. The van der Waals surface area contributed by atoms with Gasteiger partial charge in [0.2, 0.25) is 0 Å². The van der Waals surface area contributed by atoms with E-state index >= 15 is 0 Å². The predicted octanol–water partition coefficient (Wildman–Crippen LogP) is 0.0828. The second kappa shape index (κ2) is 6.66. The van der Waals surface area contributed by atoms with Crippen LogP contribution in [-0.2, 0) is 14.2 Å². The van der Waals surface area contributed by atoms with Crippen LogP contribution in [0.3, 0.4) is 0 Å². The van der Waals surface area contributed by atoms with E-state index in [0.717, 1.165) is 25.7 Å². The number of aliphatic hydroxyl groups is 2. The largest absolute Gasteiger partial charge is 0.394 e. The Morgan fingerprint density at radius 2 is 1.18 bits per heavy atom. The molecule has 5 nitrogen and oxygen atoms in total. The van der Waals surface area contributed by atoms with E-state index < -0.39 is 0 Å². The van der Waals surface area contributed by atoms with Crippen molar-refractivity contribution in [1.82, 2.24) is 0 Å². The van der Waals surface area contributed by atoms with Gasteiger partial charge in [0.25, 0.3) is 0 Å². The highest BCUT2D eigenvalue weighted by atomic mass is 16.6. The highest BCUT2D eigenvalue weighted by Gasteiger charge is 2.27. The van der Waals surface area contributed by atoms with Crippen LogP contribution < -0.4 is 0 Å². The Kier molecular flexibility index (Phi) is 5.18. The minimum Gasteiger partial charge on any atom is -0.394 e. The third-order valence-corrected chi connectivity index (χ3v) is 3.41. The molecule has 2 N–H and O–H groups in total. The molecule has 17 heavy (non-hydrogen) atoms. The first kappa shape index (κ1) is 13.2. The summed E-state index contributed by atoms with van der Waals surface area (Å²) in [4.78, 5) is 0. The number of rotatable bonds is 6. The zero-order valence-electron chi connectivity index (χ0n) is 10.1. The molecule has 0 aliphatic carbocycles. The maximum absolute atomic E-state index is 8.93. The summed E-state index contributed by atoms with van der Waals surface area (Å²) in [5, 5.41) is 17.9. The van der Waals surface area contributed by atoms with Crippen LogP contribution in [0.1, 0.15) is 25.7 Å². The van der Waals surface area contributed by atoms with Gasteiger partial charge in [-0.15, -0.1) is 0 Å². The molecule has 0 aromatic heterocycles. The van der Waals surface area contributed by atoms with Crippen LogP contribution >= 0.6 is 0 Å². The number of hydrogen-bond donors (Lipinski definition) is 2. The molecular formula is C12H22O5. The van der Waals surface area contributed by atoms with Crippen LogP contribution in [0.2, 0.25) is 0 Å². The molecule has 2 aliphatic heterocycles. The molecule has 4 unspecified atom stereocenters. The lowest BCUT2D eigenvalue weighted by atomic mass is 10.2. The molecule has 4 atom stereocenters. The Morgan fingerprint density at radius 1 is 0.765 bits per heavy atom. The highest BCUT2D eigenvalue weighted by Crippen LogP contribution is 2.21. The Hall–Kier alpha value is -0.200. The van der Waals surface area contributed by atoms with Crippen LogP contribution in [0.25, 0.3) is 0 Å². The van der Waals surface area contributed by atoms with Gasteiger partial charge in [-0.25, -0.2) is 0 Å². The molecule has 0 saturated carbocycles. The average molecular weight is 246 g/mol. The van der Waals surface area contributed by atoms with Gasteiger partial charge in [0.15, 0.2) is 0 Å². The van der Waals surface area contributed by atoms with E-state index in [0.29, 0.717) is 13.2 Å². The summed E-state index contributed by atoms with van der Waals surface area (Å²) in [5.74, 6) is 0. The smallest absolute Gasteiger partial charge is 0.0814 e. The normalized spacial score (nSPS) is 37.8. The Labute approximate surface area is 102 Å². The SMILES string of the molecule is OCC1CCC(COCC2CCC(CO)O2)O1. The lowest BCUT2D eigenvalue weighted by Crippen LogP contribution is -2.23. The van der Waals surface area contributed by atoms with Crippen molar-refractivity contribution in [3.05, 3.63) is 0 Å². The van der Waals surface area contributed by atoms with Crippen molar-refractivity contribution in [3.63, 3.8) is 0 Å². The van der Waals surface area contributed by atoms with E-state index in [1.54, 1.807) is 0 Å². The van der Waals surface area contributed by atoms with E-state index in [9.17, 15) is 0 Å². The lowest BCUT2D eigenvalue weighted by Gasteiger charge is -2.15.